The second kappa shape index (κ2) is 8.24. The molecule has 0 aliphatic carbocycles. The third kappa shape index (κ3) is 3.87. The SMILES string of the molecule is CN(C(=O)c1cc2c(s1)-c1cc(C(=O)N3CC[C@H](O)C3)ccc1OC2)c1ccc(F)cc1F. The van der Waals surface area contributed by atoms with Gasteiger partial charge < -0.3 is 19.6 Å². The first kappa shape index (κ1) is 21.5. The molecule has 0 radical (unpaired) electrons. The lowest BCUT2D eigenvalue weighted by atomic mass is 10.0. The fraction of sp³-hybridized carbons (Fsp3) is 0.250. The topological polar surface area (TPSA) is 70.1 Å². The summed E-state index contributed by atoms with van der Waals surface area (Å²) in [7, 11) is 1.43. The number of carbonyl (C=O) groups excluding carboxylic acids is 2. The molecule has 0 saturated carbocycles. The lowest BCUT2D eigenvalue weighted by Crippen LogP contribution is -2.29. The lowest BCUT2D eigenvalue weighted by Gasteiger charge is -2.20. The van der Waals surface area contributed by atoms with Gasteiger partial charge in [0, 0.05) is 47.8 Å². The lowest BCUT2D eigenvalue weighted by molar-refractivity contribution is 0.0764. The molecule has 1 atom stereocenters. The van der Waals surface area contributed by atoms with Gasteiger partial charge in [-0.2, -0.15) is 0 Å². The van der Waals surface area contributed by atoms with E-state index < -0.39 is 23.6 Å². The molecule has 0 unspecified atom stereocenters. The standard InChI is InChI=1S/C24H20F2N2O4S/c1-27(19-4-3-15(25)10-18(19)26)24(31)21-9-14-12-32-20-5-2-13(8-17(20)22(14)33-21)23(30)28-7-6-16(29)11-28/h2-5,8-10,16,29H,6-7,11-12H2,1H3/t16-/m0/s1. The zero-order chi connectivity index (χ0) is 23.3. The van der Waals surface area contributed by atoms with Crippen LogP contribution in [-0.2, 0) is 6.61 Å². The molecular formula is C24H20F2N2O4S. The van der Waals surface area contributed by atoms with Gasteiger partial charge >= 0.3 is 0 Å². The summed E-state index contributed by atoms with van der Waals surface area (Å²) >= 11 is 1.24. The smallest absolute Gasteiger partial charge is 0.268 e. The normalized spacial score (nSPS) is 16.7. The third-order valence-corrected chi connectivity index (χ3v) is 7.10. The molecule has 33 heavy (non-hydrogen) atoms. The average molecular weight is 470 g/mol. The summed E-state index contributed by atoms with van der Waals surface area (Å²) in [4.78, 5) is 29.9. The number of halogens is 2. The van der Waals surface area contributed by atoms with Crippen LogP contribution in [0.2, 0.25) is 0 Å². The highest BCUT2D eigenvalue weighted by Gasteiger charge is 2.29. The molecule has 5 rings (SSSR count). The Morgan fingerprint density at radius 1 is 1.18 bits per heavy atom. The molecule has 3 heterocycles. The molecule has 1 saturated heterocycles. The Hall–Kier alpha value is -3.30. The number of nitrogens with zero attached hydrogens (tertiary/aromatic N) is 2. The van der Waals surface area contributed by atoms with Crippen molar-refractivity contribution in [2.24, 2.45) is 0 Å². The van der Waals surface area contributed by atoms with E-state index in [0.717, 1.165) is 27.5 Å². The molecule has 170 valence electrons. The summed E-state index contributed by atoms with van der Waals surface area (Å²) in [5.74, 6) is -1.53. The highest BCUT2D eigenvalue weighted by atomic mass is 32.1. The second-order valence-electron chi connectivity index (χ2n) is 8.12. The number of hydrogen-bond acceptors (Lipinski definition) is 5. The van der Waals surface area contributed by atoms with Gasteiger partial charge in [0.2, 0.25) is 0 Å². The van der Waals surface area contributed by atoms with Crippen LogP contribution < -0.4 is 9.64 Å². The number of aliphatic hydroxyl groups is 1. The monoisotopic (exact) mass is 470 g/mol. The molecular weight excluding hydrogens is 450 g/mol. The summed E-state index contributed by atoms with van der Waals surface area (Å²) in [5.41, 5.74) is 1.96. The molecule has 1 aromatic heterocycles. The van der Waals surface area contributed by atoms with Gasteiger partial charge in [0.25, 0.3) is 11.8 Å². The van der Waals surface area contributed by atoms with Crippen LogP contribution in [0.15, 0.2) is 42.5 Å². The van der Waals surface area contributed by atoms with Gasteiger partial charge in [0.1, 0.15) is 24.0 Å². The number of likely N-dealkylation sites (tertiary alicyclic amines) is 1. The summed E-state index contributed by atoms with van der Waals surface area (Å²) in [6.45, 7) is 1.08. The number of β-amino-alcohol motifs (C(OH)–C–C–N with tert-alkyl or cyclic N) is 1. The zero-order valence-electron chi connectivity index (χ0n) is 17.7. The Morgan fingerprint density at radius 2 is 2.00 bits per heavy atom. The predicted molar refractivity (Wildman–Crippen MR) is 120 cm³/mol. The van der Waals surface area contributed by atoms with Crippen LogP contribution in [0.25, 0.3) is 10.4 Å². The molecule has 2 aliphatic rings. The molecule has 2 aliphatic heterocycles. The van der Waals surface area contributed by atoms with Crippen molar-refractivity contribution in [3.8, 4) is 16.2 Å². The summed E-state index contributed by atoms with van der Waals surface area (Å²) < 4.78 is 33.2. The first-order valence-electron chi connectivity index (χ1n) is 10.4. The molecule has 1 fully saturated rings. The fourth-order valence-electron chi connectivity index (χ4n) is 4.13. The molecule has 0 spiro atoms. The Bertz CT molecular complexity index is 1280. The largest absolute Gasteiger partial charge is 0.488 e. The van der Waals surface area contributed by atoms with E-state index in [1.54, 1.807) is 29.2 Å². The van der Waals surface area contributed by atoms with Gasteiger partial charge in [-0.25, -0.2) is 8.78 Å². The van der Waals surface area contributed by atoms with Crippen molar-refractivity contribution in [1.29, 1.82) is 0 Å². The number of anilines is 1. The fourth-order valence-corrected chi connectivity index (χ4v) is 5.29. The minimum absolute atomic E-state index is 0.0231. The van der Waals surface area contributed by atoms with Crippen molar-refractivity contribution >= 4 is 28.8 Å². The van der Waals surface area contributed by atoms with Gasteiger partial charge in [-0.1, -0.05) is 0 Å². The Morgan fingerprint density at radius 3 is 2.73 bits per heavy atom. The van der Waals surface area contributed by atoms with E-state index in [1.807, 2.05) is 0 Å². The summed E-state index contributed by atoms with van der Waals surface area (Å²) in [6.07, 6.45) is 0.0537. The molecule has 0 bridgehead atoms. The molecule has 6 nitrogen and oxygen atoms in total. The number of hydrogen-bond donors (Lipinski definition) is 1. The third-order valence-electron chi connectivity index (χ3n) is 5.90. The molecule has 9 heteroatoms. The van der Waals surface area contributed by atoms with Crippen molar-refractivity contribution in [1.82, 2.24) is 4.90 Å². The predicted octanol–water partition coefficient (Wildman–Crippen LogP) is 4.07. The van der Waals surface area contributed by atoms with Crippen molar-refractivity contribution in [3.05, 3.63) is 70.1 Å². The number of aliphatic hydroxyl groups excluding tert-OH is 1. The molecule has 3 aromatic rings. The quantitative estimate of drug-likeness (QED) is 0.627. The average Bonchev–Trinajstić information content (AvgIpc) is 3.44. The van der Waals surface area contributed by atoms with Gasteiger partial charge in [0.05, 0.1) is 16.7 Å². The summed E-state index contributed by atoms with van der Waals surface area (Å²) in [5, 5.41) is 9.74. The van der Waals surface area contributed by atoms with Crippen LogP contribution in [0.1, 0.15) is 32.0 Å². The zero-order valence-corrected chi connectivity index (χ0v) is 18.5. The van der Waals surface area contributed by atoms with E-state index in [2.05, 4.69) is 0 Å². The van der Waals surface area contributed by atoms with Crippen molar-refractivity contribution < 1.29 is 28.2 Å². The van der Waals surface area contributed by atoms with Crippen LogP contribution in [0.3, 0.4) is 0 Å². The minimum Gasteiger partial charge on any atom is -0.488 e. The Kier molecular flexibility index (Phi) is 5.38. The van der Waals surface area contributed by atoms with Crippen LogP contribution in [-0.4, -0.2) is 48.1 Å². The van der Waals surface area contributed by atoms with E-state index in [1.165, 1.54) is 24.5 Å². The van der Waals surface area contributed by atoms with Crippen molar-refractivity contribution in [3.63, 3.8) is 0 Å². The van der Waals surface area contributed by atoms with E-state index >= 15 is 0 Å². The second-order valence-corrected chi connectivity index (χ2v) is 9.17. The van der Waals surface area contributed by atoms with E-state index in [4.69, 9.17) is 4.74 Å². The first-order valence-corrected chi connectivity index (χ1v) is 11.2. The molecule has 2 amide bonds. The van der Waals surface area contributed by atoms with Crippen molar-refractivity contribution in [2.75, 3.05) is 25.0 Å². The van der Waals surface area contributed by atoms with Crippen LogP contribution in [0.5, 0.6) is 5.75 Å². The highest BCUT2D eigenvalue weighted by molar-refractivity contribution is 7.17. The van der Waals surface area contributed by atoms with Crippen LogP contribution >= 0.6 is 11.3 Å². The number of fused-ring (bicyclic) bond motifs is 3. The molecule has 2 aromatic carbocycles. The van der Waals surface area contributed by atoms with E-state index in [-0.39, 0.29) is 18.2 Å². The maximum absolute atomic E-state index is 14.2. The van der Waals surface area contributed by atoms with Gasteiger partial charge in [0.15, 0.2) is 0 Å². The number of ether oxygens (including phenoxy) is 1. The van der Waals surface area contributed by atoms with E-state index in [0.29, 0.717) is 41.3 Å². The number of thiophene rings is 1. The number of benzene rings is 2. The van der Waals surface area contributed by atoms with E-state index in [9.17, 15) is 23.5 Å². The molecule has 1 N–H and O–H groups in total. The minimum atomic E-state index is -0.823. The highest BCUT2D eigenvalue weighted by Crippen LogP contribution is 2.43. The number of carbonyl (C=O) groups is 2. The van der Waals surface area contributed by atoms with Crippen LogP contribution in [0, 0.1) is 11.6 Å². The van der Waals surface area contributed by atoms with Gasteiger partial charge in [-0.15, -0.1) is 11.3 Å². The Labute approximate surface area is 192 Å². The van der Waals surface area contributed by atoms with Crippen molar-refractivity contribution in [2.45, 2.75) is 19.1 Å². The van der Waals surface area contributed by atoms with Gasteiger partial charge in [-0.05, 0) is 42.8 Å². The van der Waals surface area contributed by atoms with Crippen LogP contribution in [0.4, 0.5) is 14.5 Å². The number of rotatable bonds is 3. The maximum Gasteiger partial charge on any atom is 0.268 e. The maximum atomic E-state index is 14.2. The summed E-state index contributed by atoms with van der Waals surface area (Å²) in [6, 6.07) is 9.94. The Balaban J connectivity index is 1.45. The number of amides is 2. The first-order chi connectivity index (χ1) is 15.8. The van der Waals surface area contributed by atoms with Gasteiger partial charge in [-0.3, -0.25) is 9.59 Å².